The minimum absolute atomic E-state index is 0.0958. The summed E-state index contributed by atoms with van der Waals surface area (Å²) in [6, 6.07) is 7.88. The average molecular weight is 208 g/mol. The Morgan fingerprint density at radius 2 is 2.36 bits per heavy atom. The molecule has 0 saturated heterocycles. The Hall–Kier alpha value is -0.970. The van der Waals surface area contributed by atoms with Crippen molar-refractivity contribution in [3.63, 3.8) is 0 Å². The molecule has 1 nitrogen and oxygen atoms in total. The molecule has 0 amide bonds. The van der Waals surface area contributed by atoms with Crippen LogP contribution in [0.4, 0.5) is 0 Å². The van der Waals surface area contributed by atoms with Crippen molar-refractivity contribution >= 4 is 11.6 Å². The third-order valence-electron chi connectivity index (χ3n) is 1.98. The zero-order chi connectivity index (χ0) is 10.4. The number of halogens is 1. The highest BCUT2D eigenvalue weighted by Crippen LogP contribution is 2.12. The number of hydrogen-bond acceptors (Lipinski definition) is 1. The molecule has 0 heterocycles. The number of rotatable bonds is 4. The molecule has 1 rings (SSSR count). The fourth-order valence-corrected chi connectivity index (χ4v) is 1.55. The van der Waals surface area contributed by atoms with Crippen LogP contribution in [0.2, 0.25) is 5.02 Å². The highest BCUT2D eigenvalue weighted by molar-refractivity contribution is 6.30. The van der Waals surface area contributed by atoms with Crippen molar-refractivity contribution in [1.82, 2.24) is 5.32 Å². The molecule has 2 heteroatoms. The number of hydrogen-bond donors (Lipinski definition) is 1. The predicted octanol–water partition coefficient (Wildman–Crippen LogP) is 2.49. The Bertz CT molecular complexity index is 327. The van der Waals surface area contributed by atoms with Crippen molar-refractivity contribution in [3.8, 4) is 12.3 Å². The maximum Gasteiger partial charge on any atom is 0.0727 e. The van der Waals surface area contributed by atoms with E-state index >= 15 is 0 Å². The second-order valence-electron chi connectivity index (χ2n) is 3.11. The smallest absolute Gasteiger partial charge is 0.0727 e. The van der Waals surface area contributed by atoms with Gasteiger partial charge in [-0.1, -0.05) is 36.6 Å². The Morgan fingerprint density at radius 1 is 1.57 bits per heavy atom. The van der Waals surface area contributed by atoms with Crippen molar-refractivity contribution in [2.75, 3.05) is 6.54 Å². The maximum absolute atomic E-state index is 5.88. The van der Waals surface area contributed by atoms with E-state index in [0.29, 0.717) is 0 Å². The fourth-order valence-electron chi connectivity index (χ4n) is 1.34. The summed E-state index contributed by atoms with van der Waals surface area (Å²) < 4.78 is 0. The molecule has 14 heavy (non-hydrogen) atoms. The molecule has 1 unspecified atom stereocenters. The zero-order valence-electron chi connectivity index (χ0n) is 8.26. The van der Waals surface area contributed by atoms with E-state index in [2.05, 4.69) is 11.2 Å². The van der Waals surface area contributed by atoms with Crippen molar-refractivity contribution in [2.24, 2.45) is 0 Å². The summed E-state index contributed by atoms with van der Waals surface area (Å²) in [4.78, 5) is 0. The molecule has 1 aromatic carbocycles. The minimum atomic E-state index is 0.0958. The van der Waals surface area contributed by atoms with Crippen molar-refractivity contribution in [2.45, 2.75) is 19.4 Å². The SMILES string of the molecule is C#CC(Cc1cccc(Cl)c1)NCC. The predicted molar refractivity (Wildman–Crippen MR) is 61.5 cm³/mol. The summed E-state index contributed by atoms with van der Waals surface area (Å²) >= 11 is 5.88. The van der Waals surface area contributed by atoms with Crippen molar-refractivity contribution in [1.29, 1.82) is 0 Å². The first kappa shape index (κ1) is 11.1. The first-order chi connectivity index (χ1) is 6.76. The molecular weight excluding hydrogens is 194 g/mol. The lowest BCUT2D eigenvalue weighted by Crippen LogP contribution is -2.29. The molecule has 1 N–H and O–H groups in total. The quantitative estimate of drug-likeness (QED) is 0.749. The van der Waals surface area contributed by atoms with Gasteiger partial charge in [0.15, 0.2) is 0 Å². The van der Waals surface area contributed by atoms with Crippen LogP contribution in [0.15, 0.2) is 24.3 Å². The standard InChI is InChI=1S/C12H14ClN/c1-3-12(14-4-2)9-10-6-5-7-11(13)8-10/h1,5-8,12,14H,4,9H2,2H3. The number of nitrogens with one attached hydrogen (secondary N) is 1. The van der Waals surface area contributed by atoms with Gasteiger partial charge in [0.1, 0.15) is 0 Å². The normalized spacial score (nSPS) is 12.1. The molecule has 0 aliphatic carbocycles. The lowest BCUT2D eigenvalue weighted by Gasteiger charge is -2.11. The third kappa shape index (κ3) is 3.41. The molecule has 1 aromatic rings. The average Bonchev–Trinajstić information content (AvgIpc) is 2.17. The van der Waals surface area contributed by atoms with Gasteiger partial charge in [0.05, 0.1) is 6.04 Å². The minimum Gasteiger partial charge on any atom is -0.304 e. The van der Waals surface area contributed by atoms with Crippen LogP contribution in [-0.4, -0.2) is 12.6 Å². The summed E-state index contributed by atoms with van der Waals surface area (Å²) in [5.74, 6) is 2.72. The van der Waals surface area contributed by atoms with Gasteiger partial charge in [-0.05, 0) is 30.7 Å². The highest BCUT2D eigenvalue weighted by Gasteiger charge is 2.04. The largest absolute Gasteiger partial charge is 0.304 e. The molecule has 0 spiro atoms. The molecule has 0 saturated carbocycles. The van der Waals surface area contributed by atoms with E-state index in [4.69, 9.17) is 18.0 Å². The summed E-state index contributed by atoms with van der Waals surface area (Å²) in [6.07, 6.45) is 6.22. The van der Waals surface area contributed by atoms with Crippen molar-refractivity contribution < 1.29 is 0 Å². The van der Waals surface area contributed by atoms with Crippen LogP contribution in [0.3, 0.4) is 0 Å². The number of terminal acetylenes is 1. The maximum atomic E-state index is 5.88. The lowest BCUT2D eigenvalue weighted by molar-refractivity contribution is 0.628. The van der Waals surface area contributed by atoms with E-state index in [0.717, 1.165) is 18.0 Å². The third-order valence-corrected chi connectivity index (χ3v) is 2.22. The summed E-state index contributed by atoms with van der Waals surface area (Å²) in [5, 5.41) is 3.98. The molecule has 0 bridgehead atoms. The molecule has 0 aliphatic heterocycles. The first-order valence-corrected chi connectivity index (χ1v) is 5.08. The van der Waals surface area contributed by atoms with Crippen LogP contribution in [0.5, 0.6) is 0 Å². The van der Waals surface area contributed by atoms with Crippen LogP contribution in [-0.2, 0) is 6.42 Å². The van der Waals surface area contributed by atoms with Crippen LogP contribution in [0.1, 0.15) is 12.5 Å². The van der Waals surface area contributed by atoms with Gasteiger partial charge >= 0.3 is 0 Å². The Kier molecular flexibility index (Phi) is 4.52. The number of benzene rings is 1. The molecule has 0 aromatic heterocycles. The van der Waals surface area contributed by atoms with Crippen LogP contribution >= 0.6 is 11.6 Å². The van der Waals surface area contributed by atoms with Crippen LogP contribution in [0, 0.1) is 12.3 Å². The van der Waals surface area contributed by atoms with E-state index in [1.165, 1.54) is 5.56 Å². The highest BCUT2D eigenvalue weighted by atomic mass is 35.5. The van der Waals surface area contributed by atoms with E-state index in [-0.39, 0.29) is 6.04 Å². The summed E-state index contributed by atoms with van der Waals surface area (Å²) in [5.41, 5.74) is 1.17. The van der Waals surface area contributed by atoms with Gasteiger partial charge in [0.25, 0.3) is 0 Å². The van der Waals surface area contributed by atoms with Gasteiger partial charge in [-0.15, -0.1) is 6.42 Å². The Morgan fingerprint density at radius 3 is 2.93 bits per heavy atom. The summed E-state index contributed by atoms with van der Waals surface area (Å²) in [7, 11) is 0. The second-order valence-corrected chi connectivity index (χ2v) is 3.55. The Labute approximate surface area is 90.5 Å². The summed E-state index contributed by atoms with van der Waals surface area (Å²) in [6.45, 7) is 2.93. The van der Waals surface area contributed by atoms with Crippen molar-refractivity contribution in [3.05, 3.63) is 34.9 Å². The topological polar surface area (TPSA) is 12.0 Å². The van der Waals surface area contributed by atoms with E-state index in [9.17, 15) is 0 Å². The fraction of sp³-hybridized carbons (Fsp3) is 0.333. The van der Waals surface area contributed by atoms with Gasteiger partial charge in [-0.25, -0.2) is 0 Å². The molecule has 74 valence electrons. The number of likely N-dealkylation sites (N-methyl/N-ethyl adjacent to an activating group) is 1. The van der Waals surface area contributed by atoms with E-state index in [1.807, 2.05) is 31.2 Å². The van der Waals surface area contributed by atoms with Gasteiger partial charge in [0, 0.05) is 5.02 Å². The molecule has 0 fully saturated rings. The Balaban J connectivity index is 2.63. The van der Waals surface area contributed by atoms with Crippen LogP contribution < -0.4 is 5.32 Å². The van der Waals surface area contributed by atoms with E-state index < -0.39 is 0 Å². The molecule has 1 atom stereocenters. The lowest BCUT2D eigenvalue weighted by atomic mass is 10.1. The van der Waals surface area contributed by atoms with Crippen LogP contribution in [0.25, 0.3) is 0 Å². The molecule has 0 radical (unpaired) electrons. The first-order valence-electron chi connectivity index (χ1n) is 4.70. The van der Waals surface area contributed by atoms with E-state index in [1.54, 1.807) is 0 Å². The van der Waals surface area contributed by atoms with Gasteiger partial charge in [0.2, 0.25) is 0 Å². The second kappa shape index (κ2) is 5.70. The zero-order valence-corrected chi connectivity index (χ0v) is 9.01. The molecular formula is C12H14ClN. The monoisotopic (exact) mass is 207 g/mol. The van der Waals surface area contributed by atoms with Gasteiger partial charge in [-0.3, -0.25) is 0 Å². The van der Waals surface area contributed by atoms with Gasteiger partial charge < -0.3 is 5.32 Å². The molecule has 0 aliphatic rings. The van der Waals surface area contributed by atoms with Gasteiger partial charge in [-0.2, -0.15) is 0 Å².